The van der Waals surface area contributed by atoms with Gasteiger partial charge in [-0.3, -0.25) is 0 Å². The number of aromatic nitrogens is 2. The summed E-state index contributed by atoms with van der Waals surface area (Å²) in [5, 5.41) is 1.92. The summed E-state index contributed by atoms with van der Waals surface area (Å²) in [4.78, 5) is 19.9. The Morgan fingerprint density at radius 2 is 1.95 bits per heavy atom. The third-order valence-corrected chi connectivity index (χ3v) is 3.60. The fourth-order valence-corrected chi connectivity index (χ4v) is 2.67. The van der Waals surface area contributed by atoms with E-state index in [2.05, 4.69) is 36.1 Å². The molecule has 0 spiro atoms. The number of methoxy groups -OCH3 is 1. The molecular formula is C12H15BrN4O2. The van der Waals surface area contributed by atoms with E-state index in [0.717, 1.165) is 33.7 Å². The zero-order valence-corrected chi connectivity index (χ0v) is 12.8. The third kappa shape index (κ3) is 2.48. The number of nitrogens with zero attached hydrogens (tertiary/aromatic N) is 3. The molecule has 0 amide bonds. The molecule has 0 aromatic carbocycles. The van der Waals surface area contributed by atoms with Crippen molar-refractivity contribution in [3.8, 4) is 0 Å². The molecule has 1 aromatic heterocycles. The first-order valence-corrected chi connectivity index (χ1v) is 6.54. The van der Waals surface area contributed by atoms with Crippen LogP contribution in [-0.2, 0) is 4.74 Å². The van der Waals surface area contributed by atoms with Crippen molar-refractivity contribution in [3.63, 3.8) is 0 Å². The van der Waals surface area contributed by atoms with Crippen molar-refractivity contribution in [2.45, 2.75) is 13.8 Å². The van der Waals surface area contributed by atoms with Crippen molar-refractivity contribution in [3.05, 3.63) is 27.3 Å². The topological polar surface area (TPSA) is 67.3 Å². The Morgan fingerprint density at radius 1 is 1.37 bits per heavy atom. The molecule has 1 aromatic rings. The summed E-state index contributed by atoms with van der Waals surface area (Å²) in [6, 6.07) is 0. The van der Waals surface area contributed by atoms with Gasteiger partial charge in [-0.15, -0.1) is 0 Å². The van der Waals surface area contributed by atoms with Crippen LogP contribution in [-0.4, -0.2) is 41.6 Å². The number of hydrazine groups is 1. The number of ether oxygens (including phenoxy) is 1. The van der Waals surface area contributed by atoms with E-state index in [-0.39, 0.29) is 5.82 Å². The molecule has 0 unspecified atom stereocenters. The summed E-state index contributed by atoms with van der Waals surface area (Å²) in [6.45, 7) is 4.44. The van der Waals surface area contributed by atoms with E-state index in [1.165, 1.54) is 7.11 Å². The number of nitrogens with one attached hydrogen (secondary N) is 1. The normalized spacial score (nSPS) is 15.1. The monoisotopic (exact) mass is 326 g/mol. The summed E-state index contributed by atoms with van der Waals surface area (Å²) in [5.74, 6) is -0.435. The summed E-state index contributed by atoms with van der Waals surface area (Å²) in [6.07, 6.45) is 0. The molecule has 2 heterocycles. The zero-order chi connectivity index (χ0) is 14.2. The number of hydrogen-bond donors (Lipinski definition) is 1. The highest BCUT2D eigenvalue weighted by molar-refractivity contribution is 9.11. The quantitative estimate of drug-likeness (QED) is 0.828. The highest BCUT2D eigenvalue weighted by atomic mass is 79.9. The Labute approximate surface area is 120 Å². The number of halogens is 1. The Hall–Kier alpha value is -1.47. The Morgan fingerprint density at radius 3 is 2.37 bits per heavy atom. The molecule has 1 N–H and O–H groups in total. The van der Waals surface area contributed by atoms with Crippen LogP contribution in [0.15, 0.2) is 4.48 Å². The largest absolute Gasteiger partial charge is 0.463 e. The highest BCUT2D eigenvalue weighted by Gasteiger charge is 2.24. The zero-order valence-electron chi connectivity index (χ0n) is 11.2. The van der Waals surface area contributed by atoms with Crippen molar-refractivity contribution >= 4 is 27.6 Å². The minimum atomic E-state index is -0.524. The third-order valence-electron chi connectivity index (χ3n) is 2.94. The fourth-order valence-electron chi connectivity index (χ4n) is 2.08. The second-order valence-corrected chi connectivity index (χ2v) is 5.19. The Balaban J connectivity index is 2.55. The molecule has 2 rings (SSSR count). The molecule has 0 aliphatic carbocycles. The number of carbonyl (C=O) groups excluding carboxylic acids is 1. The number of rotatable bonds is 2. The molecule has 0 saturated heterocycles. The van der Waals surface area contributed by atoms with Gasteiger partial charge in [-0.1, -0.05) is 15.9 Å². The van der Waals surface area contributed by atoms with Gasteiger partial charge in [-0.25, -0.2) is 20.2 Å². The molecule has 0 radical (unpaired) electrons. The van der Waals surface area contributed by atoms with E-state index in [4.69, 9.17) is 0 Å². The molecule has 7 heteroatoms. The van der Waals surface area contributed by atoms with E-state index in [1.807, 2.05) is 25.9 Å². The van der Waals surface area contributed by atoms with E-state index >= 15 is 0 Å². The van der Waals surface area contributed by atoms with Crippen LogP contribution in [0.1, 0.15) is 27.6 Å². The summed E-state index contributed by atoms with van der Waals surface area (Å²) in [7, 11) is 3.24. The van der Waals surface area contributed by atoms with Gasteiger partial charge >= 0.3 is 5.97 Å². The van der Waals surface area contributed by atoms with Gasteiger partial charge in [0.15, 0.2) is 0 Å². The van der Waals surface area contributed by atoms with Crippen LogP contribution in [0.25, 0.3) is 5.70 Å². The van der Waals surface area contributed by atoms with Crippen LogP contribution in [0, 0.1) is 13.8 Å². The van der Waals surface area contributed by atoms with Gasteiger partial charge in [0, 0.05) is 23.6 Å². The number of aryl methyl sites for hydroxylation is 2. The molecule has 1 aliphatic rings. The lowest BCUT2D eigenvalue weighted by Gasteiger charge is -2.19. The van der Waals surface area contributed by atoms with Crippen LogP contribution in [0.4, 0.5) is 0 Å². The summed E-state index contributed by atoms with van der Waals surface area (Å²) in [5.41, 5.74) is 6.59. The molecule has 102 valence electrons. The predicted octanol–water partition coefficient (Wildman–Crippen LogP) is 1.39. The average molecular weight is 327 g/mol. The SMILES string of the molecule is COC(=O)c1nc(C)c(C2=C(Br)CNN2C)c(C)n1. The number of hydrogen-bond acceptors (Lipinski definition) is 6. The minimum absolute atomic E-state index is 0.0894. The molecular weight excluding hydrogens is 312 g/mol. The second-order valence-electron chi connectivity index (χ2n) is 4.23. The lowest BCUT2D eigenvalue weighted by molar-refractivity contribution is 0.0586. The van der Waals surface area contributed by atoms with Gasteiger partial charge in [0.2, 0.25) is 5.82 Å². The molecule has 1 aliphatic heterocycles. The second kappa shape index (κ2) is 5.26. The maximum Gasteiger partial charge on any atom is 0.376 e. The molecule has 0 saturated carbocycles. The van der Waals surface area contributed by atoms with Crippen molar-refractivity contribution in [2.75, 3.05) is 20.7 Å². The molecule has 0 bridgehead atoms. The molecule has 0 fully saturated rings. The predicted molar refractivity (Wildman–Crippen MR) is 74.5 cm³/mol. The van der Waals surface area contributed by atoms with E-state index in [0.29, 0.717) is 0 Å². The number of carbonyl (C=O) groups is 1. The standard InChI is InChI=1S/C12H15BrN4O2/c1-6-9(10-8(13)5-14-17(10)3)7(2)16-11(15-6)12(18)19-4/h14H,5H2,1-4H3. The first-order valence-electron chi connectivity index (χ1n) is 5.75. The van der Waals surface area contributed by atoms with E-state index in [1.54, 1.807) is 0 Å². The summed E-state index contributed by atoms with van der Waals surface area (Å²) >= 11 is 3.54. The van der Waals surface area contributed by atoms with Gasteiger partial charge in [0.25, 0.3) is 0 Å². The molecule has 0 atom stereocenters. The van der Waals surface area contributed by atoms with Crippen molar-refractivity contribution < 1.29 is 9.53 Å². The average Bonchev–Trinajstić information content (AvgIpc) is 2.68. The minimum Gasteiger partial charge on any atom is -0.463 e. The van der Waals surface area contributed by atoms with E-state index in [9.17, 15) is 4.79 Å². The lowest BCUT2D eigenvalue weighted by Crippen LogP contribution is -2.27. The first-order chi connectivity index (χ1) is 8.95. The smallest absolute Gasteiger partial charge is 0.376 e. The first kappa shape index (κ1) is 14.0. The van der Waals surface area contributed by atoms with Crippen LogP contribution in [0.5, 0.6) is 0 Å². The Kier molecular flexibility index (Phi) is 3.86. The van der Waals surface area contributed by atoms with Gasteiger partial charge < -0.3 is 9.75 Å². The van der Waals surface area contributed by atoms with Crippen molar-refractivity contribution in [1.29, 1.82) is 0 Å². The van der Waals surface area contributed by atoms with Crippen LogP contribution in [0.3, 0.4) is 0 Å². The summed E-state index contributed by atoms with van der Waals surface area (Å²) < 4.78 is 5.68. The van der Waals surface area contributed by atoms with Gasteiger partial charge in [0.05, 0.1) is 24.2 Å². The van der Waals surface area contributed by atoms with Crippen molar-refractivity contribution in [1.82, 2.24) is 20.4 Å². The Bertz CT molecular complexity index is 548. The van der Waals surface area contributed by atoms with Gasteiger partial charge in [-0.05, 0) is 13.8 Å². The molecule has 6 nitrogen and oxygen atoms in total. The van der Waals surface area contributed by atoms with Crippen LogP contribution in [0.2, 0.25) is 0 Å². The fraction of sp³-hybridized carbons (Fsp3) is 0.417. The lowest BCUT2D eigenvalue weighted by atomic mass is 10.1. The highest BCUT2D eigenvalue weighted by Crippen LogP contribution is 2.31. The van der Waals surface area contributed by atoms with E-state index < -0.39 is 5.97 Å². The molecule has 19 heavy (non-hydrogen) atoms. The number of esters is 1. The van der Waals surface area contributed by atoms with Crippen LogP contribution >= 0.6 is 15.9 Å². The maximum atomic E-state index is 11.5. The maximum absolute atomic E-state index is 11.5. The van der Waals surface area contributed by atoms with Gasteiger partial charge in [-0.2, -0.15) is 0 Å². The van der Waals surface area contributed by atoms with Gasteiger partial charge in [0.1, 0.15) is 0 Å². The van der Waals surface area contributed by atoms with Crippen molar-refractivity contribution in [2.24, 2.45) is 0 Å². The van der Waals surface area contributed by atoms with Crippen LogP contribution < -0.4 is 5.43 Å².